The van der Waals surface area contributed by atoms with E-state index < -0.39 is 0 Å². The van der Waals surface area contributed by atoms with Crippen LogP contribution in [0.3, 0.4) is 0 Å². The van der Waals surface area contributed by atoms with Crippen LogP contribution in [-0.4, -0.2) is 40.7 Å². The first-order valence-corrected chi connectivity index (χ1v) is 12.6. The molecule has 2 amide bonds. The number of carbonyl (C=O) groups is 2. The lowest BCUT2D eigenvalue weighted by atomic mass is 9.99. The third-order valence-corrected chi connectivity index (χ3v) is 7.27. The van der Waals surface area contributed by atoms with Gasteiger partial charge in [-0.2, -0.15) is 0 Å². The highest BCUT2D eigenvalue weighted by Crippen LogP contribution is 2.33. The van der Waals surface area contributed by atoms with Crippen LogP contribution < -0.4 is 5.32 Å². The Morgan fingerprint density at radius 1 is 0.943 bits per heavy atom. The summed E-state index contributed by atoms with van der Waals surface area (Å²) >= 11 is 0. The molecule has 0 bridgehead atoms. The normalized spacial score (nSPS) is 17.3. The molecule has 0 unspecified atom stereocenters. The summed E-state index contributed by atoms with van der Waals surface area (Å²) < 4.78 is 0. The minimum absolute atomic E-state index is 0.00759. The number of rotatable bonds is 7. The van der Waals surface area contributed by atoms with Gasteiger partial charge in [0.2, 0.25) is 5.91 Å². The average molecular weight is 468 g/mol. The van der Waals surface area contributed by atoms with Crippen LogP contribution in [0.15, 0.2) is 78.9 Å². The van der Waals surface area contributed by atoms with Gasteiger partial charge in [0.15, 0.2) is 0 Å². The Balaban J connectivity index is 1.22. The number of fused-ring (bicyclic) bond motifs is 1. The van der Waals surface area contributed by atoms with Crippen molar-refractivity contribution in [3.63, 3.8) is 0 Å². The van der Waals surface area contributed by atoms with Crippen molar-refractivity contribution < 1.29 is 9.59 Å². The van der Waals surface area contributed by atoms with Gasteiger partial charge < -0.3 is 10.2 Å². The van der Waals surface area contributed by atoms with E-state index in [-0.39, 0.29) is 30.3 Å². The number of nitrogens with one attached hydrogen (secondary N) is 1. The molecule has 0 radical (unpaired) electrons. The Morgan fingerprint density at radius 3 is 2.34 bits per heavy atom. The summed E-state index contributed by atoms with van der Waals surface area (Å²) in [7, 11) is 0. The molecule has 0 aromatic heterocycles. The molecule has 5 nitrogen and oxygen atoms in total. The summed E-state index contributed by atoms with van der Waals surface area (Å²) in [5.74, 6) is 0.0223. The number of carbonyl (C=O) groups excluding carboxylic acids is 2. The van der Waals surface area contributed by atoms with Gasteiger partial charge in [-0.25, -0.2) is 0 Å². The maximum absolute atomic E-state index is 13.2. The Labute approximate surface area is 207 Å². The number of hydrogen-bond donors (Lipinski definition) is 1. The molecule has 3 aromatic rings. The van der Waals surface area contributed by atoms with Gasteiger partial charge in [0.1, 0.15) is 0 Å². The first-order valence-electron chi connectivity index (χ1n) is 12.6. The molecule has 1 fully saturated rings. The second-order valence-electron chi connectivity index (χ2n) is 9.82. The summed E-state index contributed by atoms with van der Waals surface area (Å²) in [6.45, 7) is 5.49. The van der Waals surface area contributed by atoms with E-state index in [1.165, 1.54) is 5.56 Å². The van der Waals surface area contributed by atoms with Crippen molar-refractivity contribution in [3.8, 4) is 0 Å². The van der Waals surface area contributed by atoms with E-state index in [2.05, 4.69) is 46.6 Å². The van der Waals surface area contributed by atoms with Crippen LogP contribution >= 0.6 is 0 Å². The molecule has 1 saturated heterocycles. The van der Waals surface area contributed by atoms with Gasteiger partial charge in [-0.3, -0.25) is 14.5 Å². The minimum Gasteiger partial charge on any atom is -0.353 e. The largest absolute Gasteiger partial charge is 0.353 e. The standard InChI is InChI=1S/C30H33N3O2/c1-22-11-13-24(14-12-22)28(33-21-25-9-5-6-10-27(25)30(33)35)19-29(34)31-26-15-17-32(18-16-26)20-23-7-3-2-4-8-23/h2-14,26,28H,15-21H2,1H3,(H,31,34)/t28-/m1/s1. The second-order valence-corrected chi connectivity index (χ2v) is 9.82. The lowest BCUT2D eigenvalue weighted by Gasteiger charge is -2.33. The Kier molecular flexibility index (Phi) is 6.96. The van der Waals surface area contributed by atoms with Gasteiger partial charge in [-0.05, 0) is 42.5 Å². The van der Waals surface area contributed by atoms with E-state index in [0.29, 0.717) is 6.54 Å². The Hall–Kier alpha value is -3.44. The second kappa shape index (κ2) is 10.4. The number of amides is 2. The van der Waals surface area contributed by atoms with Crippen molar-refractivity contribution in [2.45, 2.75) is 51.4 Å². The van der Waals surface area contributed by atoms with Crippen molar-refractivity contribution in [1.82, 2.24) is 15.1 Å². The Bertz CT molecular complexity index is 1170. The number of benzene rings is 3. The van der Waals surface area contributed by atoms with Crippen LogP contribution in [0.5, 0.6) is 0 Å². The molecule has 3 aromatic carbocycles. The molecule has 2 heterocycles. The lowest BCUT2D eigenvalue weighted by molar-refractivity contribution is -0.123. The van der Waals surface area contributed by atoms with Crippen LogP contribution in [0.25, 0.3) is 0 Å². The third-order valence-electron chi connectivity index (χ3n) is 7.27. The number of hydrogen-bond acceptors (Lipinski definition) is 3. The molecule has 2 aliphatic heterocycles. The molecule has 180 valence electrons. The zero-order chi connectivity index (χ0) is 24.2. The quantitative estimate of drug-likeness (QED) is 0.540. The van der Waals surface area contributed by atoms with Crippen molar-refractivity contribution in [3.05, 3.63) is 107 Å². The van der Waals surface area contributed by atoms with E-state index in [1.807, 2.05) is 54.3 Å². The molecule has 5 heteroatoms. The van der Waals surface area contributed by atoms with Gasteiger partial charge in [0.25, 0.3) is 5.91 Å². The molecular formula is C30H33N3O2. The fraction of sp³-hybridized carbons (Fsp3) is 0.333. The highest BCUT2D eigenvalue weighted by Gasteiger charge is 2.34. The topological polar surface area (TPSA) is 52.7 Å². The van der Waals surface area contributed by atoms with Crippen molar-refractivity contribution in [2.24, 2.45) is 0 Å². The maximum Gasteiger partial charge on any atom is 0.255 e. The van der Waals surface area contributed by atoms with E-state index in [0.717, 1.165) is 54.7 Å². The third kappa shape index (κ3) is 5.46. The molecule has 0 saturated carbocycles. The van der Waals surface area contributed by atoms with Gasteiger partial charge in [-0.1, -0.05) is 78.4 Å². The highest BCUT2D eigenvalue weighted by atomic mass is 16.2. The predicted molar refractivity (Wildman–Crippen MR) is 138 cm³/mol. The van der Waals surface area contributed by atoms with Crippen LogP contribution in [-0.2, 0) is 17.9 Å². The van der Waals surface area contributed by atoms with Gasteiger partial charge >= 0.3 is 0 Å². The molecule has 5 rings (SSSR count). The van der Waals surface area contributed by atoms with Gasteiger partial charge in [0.05, 0.1) is 12.5 Å². The zero-order valence-electron chi connectivity index (χ0n) is 20.3. The number of aryl methyl sites for hydroxylation is 1. The van der Waals surface area contributed by atoms with Crippen LogP contribution in [0, 0.1) is 6.92 Å². The highest BCUT2D eigenvalue weighted by molar-refractivity contribution is 5.98. The van der Waals surface area contributed by atoms with Crippen molar-refractivity contribution in [1.29, 1.82) is 0 Å². The zero-order valence-corrected chi connectivity index (χ0v) is 20.3. The van der Waals surface area contributed by atoms with E-state index in [9.17, 15) is 9.59 Å². The van der Waals surface area contributed by atoms with E-state index >= 15 is 0 Å². The maximum atomic E-state index is 13.2. The molecule has 1 atom stereocenters. The average Bonchev–Trinajstić information content (AvgIpc) is 3.21. The lowest BCUT2D eigenvalue weighted by Crippen LogP contribution is -2.45. The van der Waals surface area contributed by atoms with E-state index in [1.54, 1.807) is 0 Å². The van der Waals surface area contributed by atoms with E-state index in [4.69, 9.17) is 0 Å². The van der Waals surface area contributed by atoms with Gasteiger partial charge in [0, 0.05) is 37.8 Å². The summed E-state index contributed by atoms with van der Waals surface area (Å²) in [6.07, 6.45) is 2.16. The Morgan fingerprint density at radius 2 is 1.63 bits per heavy atom. The fourth-order valence-corrected chi connectivity index (χ4v) is 5.26. The number of piperidine rings is 1. The van der Waals surface area contributed by atoms with Crippen molar-refractivity contribution >= 4 is 11.8 Å². The molecular weight excluding hydrogens is 434 g/mol. The summed E-state index contributed by atoms with van der Waals surface area (Å²) in [6, 6.07) is 26.4. The summed E-state index contributed by atoms with van der Waals surface area (Å²) in [4.78, 5) is 30.7. The predicted octanol–water partition coefficient (Wildman–Crippen LogP) is 4.86. The minimum atomic E-state index is -0.284. The first kappa shape index (κ1) is 23.3. The molecule has 35 heavy (non-hydrogen) atoms. The molecule has 1 N–H and O–H groups in total. The first-order chi connectivity index (χ1) is 17.1. The monoisotopic (exact) mass is 467 g/mol. The number of nitrogens with zero attached hydrogens (tertiary/aromatic N) is 2. The van der Waals surface area contributed by atoms with Crippen LogP contribution in [0.1, 0.15) is 57.9 Å². The molecule has 0 aliphatic carbocycles. The summed E-state index contributed by atoms with van der Waals surface area (Å²) in [5.41, 5.74) is 5.27. The molecule has 2 aliphatic rings. The summed E-state index contributed by atoms with van der Waals surface area (Å²) in [5, 5.41) is 3.27. The fourth-order valence-electron chi connectivity index (χ4n) is 5.26. The van der Waals surface area contributed by atoms with Crippen LogP contribution in [0.4, 0.5) is 0 Å². The van der Waals surface area contributed by atoms with Crippen molar-refractivity contribution in [2.75, 3.05) is 13.1 Å². The SMILES string of the molecule is Cc1ccc([C@@H](CC(=O)NC2CCN(Cc3ccccc3)CC2)N2Cc3ccccc3C2=O)cc1. The number of likely N-dealkylation sites (tertiary alicyclic amines) is 1. The molecule has 0 spiro atoms. The van der Waals surface area contributed by atoms with Gasteiger partial charge in [-0.15, -0.1) is 0 Å². The smallest absolute Gasteiger partial charge is 0.255 e. The van der Waals surface area contributed by atoms with Crippen LogP contribution in [0.2, 0.25) is 0 Å².